The zero-order chi connectivity index (χ0) is 15.1. The summed E-state index contributed by atoms with van der Waals surface area (Å²) in [7, 11) is 0. The van der Waals surface area contributed by atoms with Crippen LogP contribution in [-0.2, 0) is 11.2 Å². The quantitative estimate of drug-likeness (QED) is 0.828. The predicted octanol–water partition coefficient (Wildman–Crippen LogP) is 3.09. The molecule has 1 aromatic carbocycles. The van der Waals surface area contributed by atoms with Crippen molar-refractivity contribution in [2.45, 2.75) is 24.1 Å². The first-order valence-corrected chi connectivity index (χ1v) is 8.22. The van der Waals surface area contributed by atoms with Gasteiger partial charge in [0.2, 0.25) is 5.91 Å². The highest BCUT2D eigenvalue weighted by Crippen LogP contribution is 2.21. The van der Waals surface area contributed by atoms with Crippen LogP contribution in [0.2, 0.25) is 0 Å². The lowest BCUT2D eigenvalue weighted by molar-refractivity contribution is -0.115. The summed E-state index contributed by atoms with van der Waals surface area (Å²) < 4.78 is 5.09. The molecule has 2 aromatic rings. The molecule has 0 unspecified atom stereocenters. The van der Waals surface area contributed by atoms with Crippen molar-refractivity contribution in [3.63, 3.8) is 0 Å². The van der Waals surface area contributed by atoms with Crippen LogP contribution in [0.4, 0.5) is 5.69 Å². The number of aromatic nitrogens is 2. The predicted molar refractivity (Wildman–Crippen MR) is 84.4 cm³/mol. The lowest BCUT2D eigenvalue weighted by Crippen LogP contribution is -2.12. The lowest BCUT2D eigenvalue weighted by Gasteiger charge is -2.04. The third kappa shape index (κ3) is 4.85. The van der Waals surface area contributed by atoms with Gasteiger partial charge in [0.1, 0.15) is 5.82 Å². The number of anilines is 1. The summed E-state index contributed by atoms with van der Waals surface area (Å²) in [6.45, 7) is 2.01. The first-order valence-electron chi connectivity index (χ1n) is 6.46. The summed E-state index contributed by atoms with van der Waals surface area (Å²) in [6, 6.07) is 8.92. The second kappa shape index (κ2) is 7.76. The van der Waals surface area contributed by atoms with E-state index < -0.39 is 0 Å². The van der Waals surface area contributed by atoms with Gasteiger partial charge in [0.05, 0.1) is 11.6 Å². The Hall–Kier alpha value is -1.91. The van der Waals surface area contributed by atoms with Crippen molar-refractivity contribution >= 4 is 34.9 Å². The van der Waals surface area contributed by atoms with Gasteiger partial charge in [0.15, 0.2) is 4.34 Å². The van der Waals surface area contributed by atoms with Crippen LogP contribution >= 0.6 is 23.3 Å². The van der Waals surface area contributed by atoms with Crippen molar-refractivity contribution in [2.24, 2.45) is 0 Å². The fraction of sp³-hybridized carbons (Fsp3) is 0.286. The SMILES string of the molecule is CCc1nsc(SCCC(=O)Nc2cccc(C#N)c2)n1. The molecule has 0 aliphatic rings. The number of rotatable bonds is 6. The number of carbonyl (C=O) groups excluding carboxylic acids is 1. The minimum absolute atomic E-state index is 0.0715. The number of amides is 1. The molecule has 2 rings (SSSR count). The van der Waals surface area contributed by atoms with Crippen molar-refractivity contribution in [3.05, 3.63) is 35.7 Å². The van der Waals surface area contributed by atoms with Crippen LogP contribution in [0, 0.1) is 11.3 Å². The number of hydrogen-bond donors (Lipinski definition) is 1. The van der Waals surface area contributed by atoms with Crippen LogP contribution in [-0.4, -0.2) is 21.0 Å². The Kier molecular flexibility index (Phi) is 5.72. The summed E-state index contributed by atoms with van der Waals surface area (Å²) in [5.74, 6) is 1.43. The van der Waals surface area contributed by atoms with Gasteiger partial charge in [-0.25, -0.2) is 4.98 Å². The van der Waals surface area contributed by atoms with E-state index in [0.717, 1.165) is 16.6 Å². The molecule has 1 N–H and O–H groups in total. The summed E-state index contributed by atoms with van der Waals surface area (Å²) >= 11 is 2.90. The van der Waals surface area contributed by atoms with Gasteiger partial charge in [-0.3, -0.25) is 4.79 Å². The Bertz CT molecular complexity index is 663. The van der Waals surface area contributed by atoms with Crippen LogP contribution in [0.15, 0.2) is 28.6 Å². The Morgan fingerprint density at radius 1 is 1.52 bits per heavy atom. The van der Waals surface area contributed by atoms with E-state index in [9.17, 15) is 4.79 Å². The number of nitrogens with zero attached hydrogens (tertiary/aromatic N) is 3. The molecule has 0 spiro atoms. The van der Waals surface area contributed by atoms with Gasteiger partial charge in [-0.05, 0) is 29.7 Å². The zero-order valence-electron chi connectivity index (χ0n) is 11.5. The van der Waals surface area contributed by atoms with Crippen LogP contribution in [0.3, 0.4) is 0 Å². The van der Waals surface area contributed by atoms with Gasteiger partial charge in [0.25, 0.3) is 0 Å². The van der Waals surface area contributed by atoms with Crippen LogP contribution < -0.4 is 5.32 Å². The highest BCUT2D eigenvalue weighted by Gasteiger charge is 2.06. The van der Waals surface area contributed by atoms with Crippen LogP contribution in [0.5, 0.6) is 0 Å². The van der Waals surface area contributed by atoms with Gasteiger partial charge >= 0.3 is 0 Å². The monoisotopic (exact) mass is 318 g/mol. The normalized spacial score (nSPS) is 10.1. The molecule has 5 nitrogen and oxygen atoms in total. The molecule has 0 aliphatic heterocycles. The minimum Gasteiger partial charge on any atom is -0.326 e. The third-order valence-electron chi connectivity index (χ3n) is 2.60. The highest BCUT2D eigenvalue weighted by atomic mass is 32.2. The van der Waals surface area contributed by atoms with E-state index in [-0.39, 0.29) is 5.91 Å². The molecule has 7 heteroatoms. The van der Waals surface area contributed by atoms with Crippen LogP contribution in [0.1, 0.15) is 24.7 Å². The molecule has 108 valence electrons. The van der Waals surface area contributed by atoms with Gasteiger partial charge < -0.3 is 5.32 Å². The Labute approximate surface area is 131 Å². The molecular weight excluding hydrogens is 304 g/mol. The standard InChI is InChI=1S/C14H14N4OS2/c1-2-12-17-14(21-18-12)20-7-6-13(19)16-11-5-3-4-10(8-11)9-15/h3-5,8H,2,6-7H2,1H3,(H,16,19). The van der Waals surface area contributed by atoms with E-state index in [1.807, 2.05) is 13.0 Å². The van der Waals surface area contributed by atoms with Gasteiger partial charge in [0, 0.05) is 24.3 Å². The first kappa shape index (κ1) is 15.5. The molecule has 0 bridgehead atoms. The van der Waals surface area contributed by atoms with Gasteiger partial charge in [-0.2, -0.15) is 9.64 Å². The summed E-state index contributed by atoms with van der Waals surface area (Å²) in [4.78, 5) is 16.2. The Morgan fingerprint density at radius 3 is 3.10 bits per heavy atom. The van der Waals surface area contributed by atoms with E-state index in [4.69, 9.17) is 5.26 Å². The topological polar surface area (TPSA) is 78.7 Å². The molecule has 1 heterocycles. The molecule has 0 saturated carbocycles. The third-order valence-corrected chi connectivity index (χ3v) is 4.47. The summed E-state index contributed by atoms with van der Waals surface area (Å²) in [5, 5.41) is 11.6. The molecule has 21 heavy (non-hydrogen) atoms. The largest absolute Gasteiger partial charge is 0.326 e. The molecule has 0 aliphatic carbocycles. The summed E-state index contributed by atoms with van der Waals surface area (Å²) in [6.07, 6.45) is 1.22. The van der Waals surface area contributed by atoms with Crippen molar-refractivity contribution < 1.29 is 4.79 Å². The maximum absolute atomic E-state index is 11.8. The maximum atomic E-state index is 11.8. The summed E-state index contributed by atoms with van der Waals surface area (Å²) in [5.41, 5.74) is 1.18. The van der Waals surface area contributed by atoms with E-state index in [1.54, 1.807) is 24.3 Å². The number of nitrogens with one attached hydrogen (secondary N) is 1. The molecule has 0 saturated heterocycles. The molecule has 1 aromatic heterocycles. The number of nitriles is 1. The molecule has 1 amide bonds. The zero-order valence-corrected chi connectivity index (χ0v) is 13.1. The fourth-order valence-electron chi connectivity index (χ4n) is 1.56. The number of hydrogen-bond acceptors (Lipinski definition) is 6. The Balaban J connectivity index is 1.78. The average Bonchev–Trinajstić information content (AvgIpc) is 2.95. The smallest absolute Gasteiger partial charge is 0.225 e. The number of benzene rings is 1. The van der Waals surface area contributed by atoms with E-state index in [1.165, 1.54) is 23.3 Å². The Morgan fingerprint density at radius 2 is 2.38 bits per heavy atom. The van der Waals surface area contributed by atoms with Crippen LogP contribution in [0.25, 0.3) is 0 Å². The van der Waals surface area contributed by atoms with Crippen molar-refractivity contribution in [3.8, 4) is 6.07 Å². The van der Waals surface area contributed by atoms with Crippen molar-refractivity contribution in [1.82, 2.24) is 9.36 Å². The van der Waals surface area contributed by atoms with Gasteiger partial charge in [-0.15, -0.1) is 0 Å². The minimum atomic E-state index is -0.0715. The molecule has 0 radical (unpaired) electrons. The lowest BCUT2D eigenvalue weighted by atomic mass is 10.2. The fourth-order valence-corrected chi connectivity index (χ4v) is 3.27. The number of aryl methyl sites for hydroxylation is 1. The second-order valence-corrected chi connectivity index (χ2v) is 6.26. The molecule has 0 atom stereocenters. The highest BCUT2D eigenvalue weighted by molar-refractivity contribution is 8.00. The first-order chi connectivity index (χ1) is 10.2. The maximum Gasteiger partial charge on any atom is 0.225 e. The molecule has 0 fully saturated rings. The number of carbonyl (C=O) groups is 1. The van der Waals surface area contributed by atoms with E-state index in [0.29, 0.717) is 23.4 Å². The van der Waals surface area contributed by atoms with E-state index in [2.05, 4.69) is 14.7 Å². The molecular formula is C14H14N4OS2. The van der Waals surface area contributed by atoms with Crippen molar-refractivity contribution in [1.29, 1.82) is 5.26 Å². The average molecular weight is 318 g/mol. The van der Waals surface area contributed by atoms with E-state index >= 15 is 0 Å². The van der Waals surface area contributed by atoms with Crippen molar-refractivity contribution in [2.75, 3.05) is 11.1 Å². The van der Waals surface area contributed by atoms with Gasteiger partial charge in [-0.1, -0.05) is 24.8 Å². The number of thioether (sulfide) groups is 1. The second-order valence-electron chi connectivity index (χ2n) is 4.17.